The molecule has 6 nitrogen and oxygen atoms in total. The van der Waals surface area contributed by atoms with E-state index in [0.29, 0.717) is 16.4 Å². The van der Waals surface area contributed by atoms with Crippen molar-refractivity contribution in [1.82, 2.24) is 9.88 Å². The molecule has 1 amide bonds. The number of nitrogens with zero attached hydrogens (tertiary/aromatic N) is 2. The van der Waals surface area contributed by atoms with E-state index >= 15 is 0 Å². The molecule has 0 bridgehead atoms. The van der Waals surface area contributed by atoms with Gasteiger partial charge in [-0.05, 0) is 35.9 Å². The van der Waals surface area contributed by atoms with E-state index in [-0.39, 0.29) is 11.7 Å². The number of carbonyl (C=O) groups excluding carboxylic acids is 1. The largest absolute Gasteiger partial charge is 0.494 e. The van der Waals surface area contributed by atoms with E-state index in [9.17, 15) is 9.18 Å². The van der Waals surface area contributed by atoms with E-state index in [1.807, 2.05) is 12.1 Å². The van der Waals surface area contributed by atoms with Crippen molar-refractivity contribution in [3.05, 3.63) is 53.3 Å². The van der Waals surface area contributed by atoms with Gasteiger partial charge in [0.05, 0.1) is 25.0 Å². The van der Waals surface area contributed by atoms with E-state index in [1.165, 1.54) is 35.6 Å². The second-order valence-electron chi connectivity index (χ2n) is 6.47. The monoisotopic (exact) mass is 401 g/mol. The summed E-state index contributed by atoms with van der Waals surface area (Å²) in [6, 6.07) is 9.36. The molecular weight excluding hydrogens is 381 g/mol. The number of rotatable bonds is 5. The Balaban J connectivity index is 1.61. The maximum Gasteiger partial charge on any atom is 0.257 e. The minimum absolute atomic E-state index is 0.326. The van der Waals surface area contributed by atoms with Crippen LogP contribution in [0.4, 0.5) is 9.52 Å². The van der Waals surface area contributed by atoms with Crippen molar-refractivity contribution >= 4 is 32.6 Å². The Morgan fingerprint density at radius 1 is 1.25 bits per heavy atom. The lowest BCUT2D eigenvalue weighted by molar-refractivity contribution is 0.0344. The molecule has 1 aromatic heterocycles. The quantitative estimate of drug-likeness (QED) is 0.709. The number of anilines is 1. The highest BCUT2D eigenvalue weighted by molar-refractivity contribution is 7.22. The van der Waals surface area contributed by atoms with Crippen LogP contribution in [0.1, 0.15) is 15.9 Å². The van der Waals surface area contributed by atoms with Crippen LogP contribution in [-0.4, -0.2) is 49.2 Å². The minimum Gasteiger partial charge on any atom is -0.494 e. The van der Waals surface area contributed by atoms with Crippen LogP contribution in [0, 0.1) is 5.82 Å². The molecular formula is C20H20FN3O3S. The molecule has 146 valence electrons. The molecule has 8 heteroatoms. The van der Waals surface area contributed by atoms with Crippen molar-refractivity contribution in [1.29, 1.82) is 0 Å². The third-order valence-corrected chi connectivity index (χ3v) is 5.68. The van der Waals surface area contributed by atoms with E-state index in [1.54, 1.807) is 7.11 Å². The lowest BCUT2D eigenvalue weighted by Gasteiger charge is -2.26. The number of hydrogen-bond acceptors (Lipinski definition) is 6. The van der Waals surface area contributed by atoms with Crippen LogP contribution in [0.5, 0.6) is 5.75 Å². The predicted octanol–water partition coefficient (Wildman–Crippen LogP) is 3.53. The van der Waals surface area contributed by atoms with Crippen LogP contribution in [0.2, 0.25) is 0 Å². The van der Waals surface area contributed by atoms with Crippen LogP contribution in [0.3, 0.4) is 0 Å². The third kappa shape index (κ3) is 3.99. The fourth-order valence-corrected chi connectivity index (χ4v) is 4.13. The van der Waals surface area contributed by atoms with E-state index in [2.05, 4.69) is 15.2 Å². The molecule has 4 rings (SSSR count). The summed E-state index contributed by atoms with van der Waals surface area (Å²) in [5.74, 6) is -0.0407. The zero-order chi connectivity index (χ0) is 19.5. The number of benzene rings is 2. The normalized spacial score (nSPS) is 14.9. The Bertz CT molecular complexity index is 984. The topological polar surface area (TPSA) is 63.7 Å². The highest BCUT2D eigenvalue weighted by Gasteiger charge is 2.18. The van der Waals surface area contributed by atoms with Gasteiger partial charge in [0.25, 0.3) is 5.91 Å². The molecule has 1 fully saturated rings. The lowest BCUT2D eigenvalue weighted by Crippen LogP contribution is -2.35. The summed E-state index contributed by atoms with van der Waals surface area (Å²) in [5, 5.41) is 3.29. The van der Waals surface area contributed by atoms with Gasteiger partial charge in [-0.25, -0.2) is 9.37 Å². The first-order valence-corrected chi connectivity index (χ1v) is 9.79. The van der Waals surface area contributed by atoms with Gasteiger partial charge in [0.2, 0.25) is 0 Å². The van der Waals surface area contributed by atoms with E-state index in [0.717, 1.165) is 48.6 Å². The van der Waals surface area contributed by atoms with Gasteiger partial charge in [0.15, 0.2) is 5.13 Å². The maximum absolute atomic E-state index is 13.1. The number of fused-ring (bicyclic) bond motifs is 1. The van der Waals surface area contributed by atoms with Crippen LogP contribution in [-0.2, 0) is 11.3 Å². The first-order valence-electron chi connectivity index (χ1n) is 8.97. The first-order chi connectivity index (χ1) is 13.6. The van der Waals surface area contributed by atoms with Crippen molar-refractivity contribution in [2.75, 3.05) is 38.7 Å². The highest BCUT2D eigenvalue weighted by atomic mass is 32.1. The predicted molar refractivity (Wildman–Crippen MR) is 107 cm³/mol. The van der Waals surface area contributed by atoms with Gasteiger partial charge in [-0.15, -0.1) is 0 Å². The number of nitrogens with one attached hydrogen (secondary N) is 1. The number of ether oxygens (including phenoxy) is 2. The van der Waals surface area contributed by atoms with Gasteiger partial charge < -0.3 is 9.47 Å². The summed E-state index contributed by atoms with van der Waals surface area (Å²) in [7, 11) is 1.60. The van der Waals surface area contributed by atoms with Crippen molar-refractivity contribution in [3.8, 4) is 5.75 Å². The van der Waals surface area contributed by atoms with Crippen LogP contribution < -0.4 is 10.1 Å². The number of aromatic nitrogens is 1. The molecule has 2 aromatic carbocycles. The van der Waals surface area contributed by atoms with Gasteiger partial charge >= 0.3 is 0 Å². The average molecular weight is 401 g/mol. The fraction of sp³-hybridized carbons (Fsp3) is 0.300. The molecule has 0 aliphatic carbocycles. The Morgan fingerprint density at radius 3 is 2.71 bits per heavy atom. The third-order valence-electron chi connectivity index (χ3n) is 4.63. The molecule has 1 aliphatic heterocycles. The fourth-order valence-electron chi connectivity index (χ4n) is 3.15. The molecule has 0 saturated carbocycles. The molecule has 28 heavy (non-hydrogen) atoms. The zero-order valence-electron chi connectivity index (χ0n) is 15.4. The molecule has 1 aliphatic rings. The van der Waals surface area contributed by atoms with Gasteiger partial charge in [0.1, 0.15) is 17.1 Å². The van der Waals surface area contributed by atoms with Crippen LogP contribution in [0.25, 0.3) is 10.2 Å². The number of methoxy groups -OCH3 is 1. The molecule has 0 atom stereocenters. The van der Waals surface area contributed by atoms with Gasteiger partial charge in [-0.1, -0.05) is 17.4 Å². The molecule has 0 radical (unpaired) electrons. The maximum atomic E-state index is 13.1. The number of morpholine rings is 1. The number of carbonyl (C=O) groups is 1. The SMILES string of the molecule is COc1ccc(CN2CCOCC2)c2sc(NC(=O)c3ccc(F)cc3)nc12. The summed E-state index contributed by atoms with van der Waals surface area (Å²) in [6.07, 6.45) is 0. The summed E-state index contributed by atoms with van der Waals surface area (Å²) >= 11 is 1.41. The van der Waals surface area contributed by atoms with Gasteiger partial charge in [-0.3, -0.25) is 15.0 Å². The number of amides is 1. The molecule has 2 heterocycles. The van der Waals surface area contributed by atoms with Crippen molar-refractivity contribution in [2.24, 2.45) is 0 Å². The van der Waals surface area contributed by atoms with E-state index < -0.39 is 0 Å². The van der Waals surface area contributed by atoms with Gasteiger partial charge in [-0.2, -0.15) is 0 Å². The van der Waals surface area contributed by atoms with E-state index in [4.69, 9.17) is 9.47 Å². The van der Waals surface area contributed by atoms with Crippen molar-refractivity contribution < 1.29 is 18.7 Å². The molecule has 1 saturated heterocycles. The molecule has 3 aromatic rings. The summed E-state index contributed by atoms with van der Waals surface area (Å²) < 4.78 is 24.9. The molecule has 0 spiro atoms. The standard InChI is InChI=1S/C20H20FN3O3S/c1-26-16-7-4-14(12-24-8-10-27-11-9-24)18-17(16)22-20(28-18)23-19(25)13-2-5-15(21)6-3-13/h2-7H,8-12H2,1H3,(H,22,23,25). The van der Waals surface area contributed by atoms with Crippen LogP contribution in [0.15, 0.2) is 36.4 Å². The first kappa shape index (κ1) is 18.8. The number of halogens is 1. The minimum atomic E-state index is -0.381. The van der Waals surface area contributed by atoms with Gasteiger partial charge in [0, 0.05) is 25.2 Å². The summed E-state index contributed by atoms with van der Waals surface area (Å²) in [4.78, 5) is 19.3. The van der Waals surface area contributed by atoms with Crippen molar-refractivity contribution in [2.45, 2.75) is 6.54 Å². The molecule has 0 unspecified atom stereocenters. The zero-order valence-corrected chi connectivity index (χ0v) is 16.2. The smallest absolute Gasteiger partial charge is 0.257 e. The Morgan fingerprint density at radius 2 is 2.00 bits per heavy atom. The Hall–Kier alpha value is -2.55. The Labute approximate surface area is 165 Å². The number of thiazole rings is 1. The average Bonchev–Trinajstić information content (AvgIpc) is 3.13. The lowest BCUT2D eigenvalue weighted by atomic mass is 10.1. The Kier molecular flexibility index (Phi) is 5.52. The summed E-state index contributed by atoms with van der Waals surface area (Å²) in [6.45, 7) is 4.04. The second-order valence-corrected chi connectivity index (χ2v) is 7.47. The highest BCUT2D eigenvalue weighted by Crippen LogP contribution is 2.36. The van der Waals surface area contributed by atoms with Crippen molar-refractivity contribution in [3.63, 3.8) is 0 Å². The summed E-state index contributed by atoms with van der Waals surface area (Å²) in [5.41, 5.74) is 2.24. The number of hydrogen-bond donors (Lipinski definition) is 1. The second kappa shape index (κ2) is 8.22. The molecule has 1 N–H and O–H groups in total. The van der Waals surface area contributed by atoms with Crippen LogP contribution >= 0.6 is 11.3 Å².